The molecule has 0 saturated heterocycles. The Labute approximate surface area is 177 Å². The van der Waals surface area contributed by atoms with E-state index in [1.807, 2.05) is 6.08 Å². The lowest BCUT2D eigenvalue weighted by molar-refractivity contribution is -0.319. The number of ketones is 1. The van der Waals surface area contributed by atoms with Gasteiger partial charge in [-0.2, -0.15) is 0 Å². The van der Waals surface area contributed by atoms with Crippen LogP contribution in [0.3, 0.4) is 0 Å². The molecule has 2 fully saturated rings. The fraction of sp³-hybridized carbons (Fsp3) is 0.846. The van der Waals surface area contributed by atoms with Gasteiger partial charge in [-0.15, -0.1) is 0 Å². The van der Waals surface area contributed by atoms with Crippen molar-refractivity contribution < 1.29 is 14.7 Å². The molecule has 0 N–H and O–H groups in total. The van der Waals surface area contributed by atoms with E-state index in [4.69, 9.17) is 0 Å². The molecule has 0 unspecified atom stereocenters. The van der Waals surface area contributed by atoms with Gasteiger partial charge in [-0.3, -0.25) is 4.79 Å². The van der Waals surface area contributed by atoms with Crippen molar-refractivity contribution in [3.05, 3.63) is 12.2 Å². The minimum Gasteiger partial charge on any atom is -0.550 e. The summed E-state index contributed by atoms with van der Waals surface area (Å²) in [6.07, 6.45) is 13.1. The number of carboxylic acids is 1. The highest BCUT2D eigenvalue weighted by atomic mass is 16.4. The topological polar surface area (TPSA) is 57.2 Å². The molecule has 164 valence electrons. The normalized spacial score (nSPS) is 40.8. The Hall–Kier alpha value is -1.12. The van der Waals surface area contributed by atoms with Crippen molar-refractivity contribution in [2.45, 2.75) is 92.4 Å². The van der Waals surface area contributed by atoms with Gasteiger partial charge < -0.3 is 9.90 Å². The Morgan fingerprint density at radius 3 is 2.41 bits per heavy atom. The van der Waals surface area contributed by atoms with E-state index in [2.05, 4.69) is 34.6 Å². The third-order valence-electron chi connectivity index (χ3n) is 9.15. The zero-order chi connectivity index (χ0) is 21.4. The highest BCUT2D eigenvalue weighted by Gasteiger charge is 2.57. The molecule has 7 atom stereocenters. The zero-order valence-corrected chi connectivity index (χ0v) is 19.2. The van der Waals surface area contributed by atoms with E-state index in [0.29, 0.717) is 18.3 Å². The first-order chi connectivity index (χ1) is 13.6. The molecule has 0 aliphatic heterocycles. The summed E-state index contributed by atoms with van der Waals surface area (Å²) in [6.45, 7) is 11.5. The molecular weight excluding hydrogens is 360 g/mol. The van der Waals surface area contributed by atoms with Crippen LogP contribution in [0.1, 0.15) is 92.4 Å². The third-order valence-corrected chi connectivity index (χ3v) is 9.15. The van der Waals surface area contributed by atoms with Crippen LogP contribution in [0, 0.1) is 46.3 Å². The summed E-state index contributed by atoms with van der Waals surface area (Å²) in [4.78, 5) is 24.1. The first-order valence-corrected chi connectivity index (χ1v) is 12.0. The lowest BCUT2D eigenvalue weighted by atomic mass is 9.51. The fourth-order valence-corrected chi connectivity index (χ4v) is 7.38. The molecule has 0 aromatic carbocycles. The largest absolute Gasteiger partial charge is 0.550 e. The van der Waals surface area contributed by atoms with Crippen LogP contribution in [-0.4, -0.2) is 11.8 Å². The highest BCUT2D eigenvalue weighted by molar-refractivity contribution is 5.90. The van der Waals surface area contributed by atoms with Crippen molar-refractivity contribution in [3.63, 3.8) is 0 Å². The van der Waals surface area contributed by atoms with Crippen LogP contribution in [0.2, 0.25) is 0 Å². The molecule has 0 heterocycles. The lowest BCUT2D eigenvalue weighted by Crippen LogP contribution is -2.53. The standard InChI is InChI=1S/C26H42O3/c1-17(2)7-6-8-18(3)20-9-10-22-23(24(28)29)21(13-16-26(20,22)5)25(4)14-11-19(27)12-15-25/h11,14,17-18,20-23H,6-10,12-13,15-16H2,1-5H3,(H,28,29)/p-1/t18-,20+,21-,22-,23-,25+,26+/m0/s1. The Morgan fingerprint density at radius 2 is 1.83 bits per heavy atom. The molecule has 0 radical (unpaired) electrons. The minimum atomic E-state index is -0.856. The summed E-state index contributed by atoms with van der Waals surface area (Å²) in [7, 11) is 0. The Kier molecular flexibility index (Phi) is 6.65. The second-order valence-corrected chi connectivity index (χ2v) is 11.4. The molecule has 0 amide bonds. The van der Waals surface area contributed by atoms with E-state index < -0.39 is 5.97 Å². The van der Waals surface area contributed by atoms with Gasteiger partial charge in [0.15, 0.2) is 5.78 Å². The predicted molar refractivity (Wildman–Crippen MR) is 115 cm³/mol. The molecule has 2 saturated carbocycles. The molecule has 0 aromatic rings. The molecule has 29 heavy (non-hydrogen) atoms. The van der Waals surface area contributed by atoms with Crippen LogP contribution in [0.15, 0.2) is 12.2 Å². The number of rotatable bonds is 7. The smallest absolute Gasteiger partial charge is 0.155 e. The molecule has 3 heteroatoms. The van der Waals surface area contributed by atoms with Crippen molar-refractivity contribution >= 4 is 11.8 Å². The zero-order valence-electron chi connectivity index (χ0n) is 19.2. The van der Waals surface area contributed by atoms with Crippen LogP contribution in [-0.2, 0) is 9.59 Å². The van der Waals surface area contributed by atoms with Crippen molar-refractivity contribution in [2.24, 2.45) is 46.3 Å². The Morgan fingerprint density at radius 1 is 1.10 bits per heavy atom. The lowest BCUT2D eigenvalue weighted by Gasteiger charge is -2.54. The van der Waals surface area contributed by atoms with E-state index in [1.54, 1.807) is 6.08 Å². The van der Waals surface area contributed by atoms with E-state index in [9.17, 15) is 14.7 Å². The number of hydrogen-bond acceptors (Lipinski definition) is 3. The molecule has 3 aliphatic rings. The number of hydrogen-bond donors (Lipinski definition) is 0. The van der Waals surface area contributed by atoms with E-state index >= 15 is 0 Å². The van der Waals surface area contributed by atoms with Crippen molar-refractivity contribution in [1.82, 2.24) is 0 Å². The van der Waals surface area contributed by atoms with Crippen LogP contribution >= 0.6 is 0 Å². The Balaban J connectivity index is 1.79. The quantitative estimate of drug-likeness (QED) is 0.590. The number of aliphatic carboxylic acids is 1. The summed E-state index contributed by atoms with van der Waals surface area (Å²) in [5.74, 6) is 1.27. The monoisotopic (exact) mass is 401 g/mol. The second-order valence-electron chi connectivity index (χ2n) is 11.4. The van der Waals surface area contributed by atoms with Crippen LogP contribution < -0.4 is 5.11 Å². The average Bonchev–Trinajstić information content (AvgIpc) is 3.00. The SMILES string of the molecule is CC(C)CCC[C@H](C)[C@H]1CC[C@H]2[C@@H](C(=O)[O-])[C@@H]([C@]3(C)C=CC(=O)CC3)CC[C@]12C. The van der Waals surface area contributed by atoms with E-state index in [-0.39, 0.29) is 34.4 Å². The highest BCUT2D eigenvalue weighted by Crippen LogP contribution is 2.64. The third kappa shape index (κ3) is 4.35. The van der Waals surface area contributed by atoms with Crippen molar-refractivity contribution in [1.29, 1.82) is 0 Å². The van der Waals surface area contributed by atoms with Gasteiger partial charge in [0, 0.05) is 18.3 Å². The number of carboxylic acid groups (broad SMARTS) is 1. The number of carbonyl (C=O) groups excluding carboxylic acids is 2. The first kappa shape index (κ1) is 22.6. The van der Waals surface area contributed by atoms with Gasteiger partial charge in [0.2, 0.25) is 0 Å². The molecule has 3 aliphatic carbocycles. The fourth-order valence-electron chi connectivity index (χ4n) is 7.38. The maximum absolute atomic E-state index is 12.4. The molecule has 0 aromatic heterocycles. The molecule has 3 nitrogen and oxygen atoms in total. The average molecular weight is 402 g/mol. The predicted octanol–water partition coefficient (Wildman–Crippen LogP) is 5.18. The van der Waals surface area contributed by atoms with Gasteiger partial charge in [0.05, 0.1) is 0 Å². The summed E-state index contributed by atoms with van der Waals surface area (Å²) in [5, 5.41) is 12.4. The van der Waals surface area contributed by atoms with Crippen LogP contribution in [0.25, 0.3) is 0 Å². The maximum Gasteiger partial charge on any atom is 0.155 e. The van der Waals surface area contributed by atoms with Gasteiger partial charge in [-0.25, -0.2) is 0 Å². The molecular formula is C26H41O3-. The molecule has 3 rings (SSSR count). The van der Waals surface area contributed by atoms with Crippen molar-refractivity contribution in [2.75, 3.05) is 0 Å². The molecule has 0 bridgehead atoms. The second kappa shape index (κ2) is 8.55. The summed E-state index contributed by atoms with van der Waals surface area (Å²) in [5.41, 5.74) is -0.0794. The maximum atomic E-state index is 12.4. The number of allylic oxidation sites excluding steroid dienone is 2. The number of fused-ring (bicyclic) bond motifs is 1. The van der Waals surface area contributed by atoms with Gasteiger partial charge in [0.1, 0.15) is 0 Å². The van der Waals surface area contributed by atoms with E-state index in [1.165, 1.54) is 19.3 Å². The van der Waals surface area contributed by atoms with Gasteiger partial charge in [-0.05, 0) is 78.6 Å². The summed E-state index contributed by atoms with van der Waals surface area (Å²) < 4.78 is 0. The molecule has 0 spiro atoms. The Bertz CT molecular complexity index is 650. The van der Waals surface area contributed by atoms with Gasteiger partial charge in [-0.1, -0.05) is 60.0 Å². The van der Waals surface area contributed by atoms with E-state index in [0.717, 1.165) is 38.0 Å². The minimum absolute atomic E-state index is 0.0879. The number of carbonyl (C=O) groups is 2. The van der Waals surface area contributed by atoms with Gasteiger partial charge in [0.25, 0.3) is 0 Å². The first-order valence-electron chi connectivity index (χ1n) is 12.0. The summed E-state index contributed by atoms with van der Waals surface area (Å²) >= 11 is 0. The summed E-state index contributed by atoms with van der Waals surface area (Å²) in [6, 6.07) is 0. The van der Waals surface area contributed by atoms with Crippen molar-refractivity contribution in [3.8, 4) is 0 Å². The van der Waals surface area contributed by atoms with Gasteiger partial charge >= 0.3 is 0 Å². The van der Waals surface area contributed by atoms with Crippen LogP contribution in [0.5, 0.6) is 0 Å². The van der Waals surface area contributed by atoms with Crippen LogP contribution in [0.4, 0.5) is 0 Å².